The fourth-order valence-electron chi connectivity index (χ4n) is 2.89. The summed E-state index contributed by atoms with van der Waals surface area (Å²) in [6.07, 6.45) is 5.38. The third kappa shape index (κ3) is 4.39. The highest BCUT2D eigenvalue weighted by Gasteiger charge is 2.62. The highest BCUT2D eigenvalue weighted by Crippen LogP contribution is 2.40. The second-order valence-electron chi connectivity index (χ2n) is 4.95. The van der Waals surface area contributed by atoms with E-state index in [1.165, 1.54) is 6.42 Å². The molecule has 4 nitrogen and oxygen atoms in total. The summed E-state index contributed by atoms with van der Waals surface area (Å²) in [4.78, 5) is 0. The number of alkyl halides is 1. The first kappa shape index (κ1) is 18.8. The van der Waals surface area contributed by atoms with Gasteiger partial charge in [-0.3, -0.25) is 0 Å². The molecule has 0 radical (unpaired) electrons. The molecule has 0 aliphatic carbocycles. The van der Waals surface area contributed by atoms with Crippen molar-refractivity contribution in [2.24, 2.45) is 0 Å². The molecule has 0 N–H and O–H groups in total. The maximum absolute atomic E-state index is 6.27. The minimum absolute atomic E-state index is 0.335. The molecule has 0 spiro atoms. The first-order valence-corrected chi connectivity index (χ1v) is 11.1. The summed E-state index contributed by atoms with van der Waals surface area (Å²) in [5.41, 5.74) is 0. The van der Waals surface area contributed by atoms with Crippen LogP contribution in [-0.4, -0.2) is 44.9 Å². The highest BCUT2D eigenvalue weighted by atomic mass is 127. The maximum atomic E-state index is 6.27. The Labute approximate surface area is 138 Å². The largest absolute Gasteiger partial charge is 0.534 e. The van der Waals surface area contributed by atoms with Crippen molar-refractivity contribution < 1.29 is 18.0 Å². The topological polar surface area (TPSA) is 36.9 Å². The molecule has 0 aromatic carbocycles. The molecule has 0 amide bonds. The molecule has 0 bridgehead atoms. The van der Waals surface area contributed by atoms with Gasteiger partial charge in [-0.2, -0.15) is 0 Å². The zero-order chi connectivity index (χ0) is 14.9. The molecule has 1 rings (SSSR count). The maximum Gasteiger partial charge on any atom is 0.534 e. The highest BCUT2D eigenvalue weighted by molar-refractivity contribution is 14.1. The first-order valence-electron chi connectivity index (χ1n) is 7.82. The van der Waals surface area contributed by atoms with Gasteiger partial charge < -0.3 is 18.0 Å². The van der Waals surface area contributed by atoms with E-state index < -0.39 is 8.80 Å². The van der Waals surface area contributed by atoms with Crippen LogP contribution in [0.4, 0.5) is 0 Å². The predicted molar refractivity (Wildman–Crippen MR) is 91.3 cm³/mol. The summed E-state index contributed by atoms with van der Waals surface area (Å²) in [7, 11) is -2.81. The number of hydrogen-bond donors (Lipinski definition) is 0. The lowest BCUT2D eigenvalue weighted by atomic mass is 10.0. The molecule has 1 unspecified atom stereocenters. The minimum Gasteiger partial charge on any atom is -0.372 e. The van der Waals surface area contributed by atoms with Gasteiger partial charge in [-0.15, -0.1) is 0 Å². The molecule has 1 aliphatic rings. The molecule has 0 aromatic heterocycles. The normalized spacial score (nSPS) is 24.0. The first-order chi connectivity index (χ1) is 9.70. The molecule has 0 saturated carbocycles. The second-order valence-corrected chi connectivity index (χ2v) is 8.92. The van der Waals surface area contributed by atoms with Gasteiger partial charge in [0.1, 0.15) is 5.22 Å². The van der Waals surface area contributed by atoms with Crippen molar-refractivity contribution in [1.82, 2.24) is 0 Å². The predicted octanol–water partition coefficient (Wildman–Crippen LogP) is 3.73. The van der Waals surface area contributed by atoms with Gasteiger partial charge in [-0.05, 0) is 57.3 Å². The van der Waals surface area contributed by atoms with E-state index in [4.69, 9.17) is 18.0 Å². The summed E-state index contributed by atoms with van der Waals surface area (Å²) in [6, 6.07) is 0. The van der Waals surface area contributed by atoms with Gasteiger partial charge in [0.05, 0.1) is 0 Å². The molecule has 1 aliphatic heterocycles. The second kappa shape index (κ2) is 9.73. The summed E-state index contributed by atoms with van der Waals surface area (Å²) in [5, 5.41) is -0.335. The standard InChI is InChI=1S/C14H29IO4Si/c1-4-17-20(18-5-2,19-6-3)14(11-9-12-15)10-7-8-13-16-14/h4-13H2,1-3H3. The lowest BCUT2D eigenvalue weighted by Gasteiger charge is -2.47. The van der Waals surface area contributed by atoms with Gasteiger partial charge in [0, 0.05) is 26.4 Å². The van der Waals surface area contributed by atoms with E-state index in [9.17, 15) is 0 Å². The molecule has 0 aromatic rings. The SMILES string of the molecule is CCO[Si](OCC)(OCC)C1(CCCI)CCCCO1. The zero-order valence-corrected chi connectivity index (χ0v) is 16.2. The number of ether oxygens (including phenoxy) is 1. The van der Waals surface area contributed by atoms with E-state index >= 15 is 0 Å². The molecule has 1 atom stereocenters. The smallest absolute Gasteiger partial charge is 0.372 e. The van der Waals surface area contributed by atoms with Gasteiger partial charge in [-0.25, -0.2) is 0 Å². The lowest BCUT2D eigenvalue weighted by molar-refractivity contribution is -0.0976. The van der Waals surface area contributed by atoms with Crippen LogP contribution in [-0.2, 0) is 18.0 Å². The number of hydrogen-bond acceptors (Lipinski definition) is 4. The van der Waals surface area contributed by atoms with Gasteiger partial charge >= 0.3 is 8.80 Å². The van der Waals surface area contributed by atoms with Gasteiger partial charge in [0.25, 0.3) is 0 Å². The Morgan fingerprint density at radius 3 is 2.05 bits per heavy atom. The Hall–Kier alpha value is 0.787. The Bertz CT molecular complexity index is 243. The monoisotopic (exact) mass is 416 g/mol. The molecule has 20 heavy (non-hydrogen) atoms. The van der Waals surface area contributed by atoms with Crippen molar-refractivity contribution >= 4 is 31.4 Å². The zero-order valence-electron chi connectivity index (χ0n) is 13.1. The Morgan fingerprint density at radius 1 is 1.05 bits per heavy atom. The van der Waals surface area contributed by atoms with E-state index in [2.05, 4.69) is 22.6 Å². The summed E-state index contributed by atoms with van der Waals surface area (Å²) in [5.74, 6) is 0. The average molecular weight is 416 g/mol. The molecule has 120 valence electrons. The van der Waals surface area contributed by atoms with Gasteiger partial charge in [0.15, 0.2) is 0 Å². The van der Waals surface area contributed by atoms with Crippen LogP contribution in [0.2, 0.25) is 0 Å². The molecule has 1 saturated heterocycles. The summed E-state index contributed by atoms with van der Waals surface area (Å²) >= 11 is 2.42. The molecule has 1 fully saturated rings. The number of rotatable bonds is 10. The van der Waals surface area contributed by atoms with E-state index in [0.717, 1.165) is 36.7 Å². The van der Waals surface area contributed by atoms with Crippen molar-refractivity contribution in [1.29, 1.82) is 0 Å². The van der Waals surface area contributed by atoms with E-state index in [1.807, 2.05) is 20.8 Å². The van der Waals surface area contributed by atoms with Crippen molar-refractivity contribution in [3.8, 4) is 0 Å². The van der Waals surface area contributed by atoms with Crippen LogP contribution in [0.5, 0.6) is 0 Å². The van der Waals surface area contributed by atoms with Gasteiger partial charge in [0.2, 0.25) is 0 Å². The van der Waals surface area contributed by atoms with Crippen LogP contribution in [0.15, 0.2) is 0 Å². The quantitative estimate of drug-likeness (QED) is 0.309. The third-order valence-electron chi connectivity index (χ3n) is 3.63. The van der Waals surface area contributed by atoms with Crippen LogP contribution in [0.25, 0.3) is 0 Å². The molecular formula is C14H29IO4Si. The average Bonchev–Trinajstić information content (AvgIpc) is 2.47. The summed E-state index contributed by atoms with van der Waals surface area (Å²) in [6.45, 7) is 8.66. The minimum atomic E-state index is -2.81. The van der Waals surface area contributed by atoms with Crippen LogP contribution < -0.4 is 0 Å². The Morgan fingerprint density at radius 2 is 1.65 bits per heavy atom. The lowest BCUT2D eigenvalue weighted by Crippen LogP contribution is -2.67. The van der Waals surface area contributed by atoms with Crippen molar-refractivity contribution in [3.63, 3.8) is 0 Å². The molecular weight excluding hydrogens is 387 g/mol. The van der Waals surface area contributed by atoms with Crippen molar-refractivity contribution in [3.05, 3.63) is 0 Å². The summed E-state index contributed by atoms with van der Waals surface area (Å²) < 4.78 is 25.7. The third-order valence-corrected chi connectivity index (χ3v) is 8.16. The van der Waals surface area contributed by atoms with E-state index in [0.29, 0.717) is 19.8 Å². The van der Waals surface area contributed by atoms with Crippen molar-refractivity contribution in [2.75, 3.05) is 30.9 Å². The molecule has 6 heteroatoms. The van der Waals surface area contributed by atoms with Gasteiger partial charge in [-0.1, -0.05) is 22.6 Å². The van der Waals surface area contributed by atoms with E-state index in [-0.39, 0.29) is 5.22 Å². The van der Waals surface area contributed by atoms with Crippen LogP contribution in [0.3, 0.4) is 0 Å². The Balaban J connectivity index is 3.04. The van der Waals surface area contributed by atoms with Crippen LogP contribution in [0, 0.1) is 0 Å². The van der Waals surface area contributed by atoms with Crippen LogP contribution in [0.1, 0.15) is 52.9 Å². The fourth-order valence-corrected chi connectivity index (χ4v) is 6.69. The number of halogens is 1. The fraction of sp³-hybridized carbons (Fsp3) is 1.00. The molecule has 1 heterocycles. The van der Waals surface area contributed by atoms with Crippen LogP contribution >= 0.6 is 22.6 Å². The Kier molecular flexibility index (Phi) is 9.17. The van der Waals surface area contributed by atoms with Crippen molar-refractivity contribution in [2.45, 2.75) is 58.1 Å². The van der Waals surface area contributed by atoms with E-state index in [1.54, 1.807) is 0 Å².